The highest BCUT2D eigenvalue weighted by molar-refractivity contribution is 6.03. The molecule has 1 aromatic rings. The predicted molar refractivity (Wildman–Crippen MR) is 88.1 cm³/mol. The Morgan fingerprint density at radius 1 is 0.727 bits per heavy atom. The number of benzene rings is 1. The fourth-order valence-corrected chi connectivity index (χ4v) is 1.51. The van der Waals surface area contributed by atoms with E-state index in [0.29, 0.717) is 0 Å². The number of ether oxygens (including phenoxy) is 2. The molecule has 0 saturated heterocycles. The number of rotatable bonds is 2. The average Bonchev–Trinajstić information content (AvgIpc) is 2.37. The van der Waals surface area contributed by atoms with Crippen LogP contribution in [-0.4, -0.2) is 23.1 Å². The van der Waals surface area contributed by atoms with Crippen LogP contribution in [0.4, 0.5) is 0 Å². The van der Waals surface area contributed by atoms with Crippen LogP contribution in [0.1, 0.15) is 76.1 Å². The highest BCUT2D eigenvalue weighted by Crippen LogP contribution is 2.18. The topological polar surface area (TPSA) is 52.6 Å². The summed E-state index contributed by atoms with van der Waals surface area (Å²) in [7, 11) is 0. The van der Waals surface area contributed by atoms with Crippen molar-refractivity contribution in [3.63, 3.8) is 0 Å². The molecule has 0 radical (unpaired) electrons. The molecule has 0 aromatic heterocycles. The van der Waals surface area contributed by atoms with Crippen molar-refractivity contribution in [2.45, 2.75) is 66.6 Å². The molecule has 0 atom stereocenters. The second-order valence-corrected chi connectivity index (χ2v) is 6.55. The standard InChI is InChI=1S/C16H22O4.C2H6/c1-15(2,3)19-13(17)11-9-7-8-10-12(11)14(18)20-16(4,5)6;1-2/h7-10H,1-6H3;1-2H3. The molecule has 4 nitrogen and oxygen atoms in total. The smallest absolute Gasteiger partial charge is 0.339 e. The zero-order chi connectivity index (χ0) is 17.6. The van der Waals surface area contributed by atoms with Crippen LogP contribution in [0.15, 0.2) is 24.3 Å². The van der Waals surface area contributed by atoms with Crippen LogP contribution in [-0.2, 0) is 9.47 Å². The molecule has 124 valence electrons. The Bertz CT molecular complexity index is 458. The van der Waals surface area contributed by atoms with E-state index >= 15 is 0 Å². The zero-order valence-electron chi connectivity index (χ0n) is 14.9. The first-order valence-corrected chi connectivity index (χ1v) is 7.55. The molecule has 22 heavy (non-hydrogen) atoms. The summed E-state index contributed by atoms with van der Waals surface area (Å²) in [5, 5.41) is 0. The van der Waals surface area contributed by atoms with Crippen LogP contribution in [0.2, 0.25) is 0 Å². The summed E-state index contributed by atoms with van der Waals surface area (Å²) >= 11 is 0. The van der Waals surface area contributed by atoms with Gasteiger partial charge in [-0.2, -0.15) is 0 Å². The van der Waals surface area contributed by atoms with Gasteiger partial charge in [0.1, 0.15) is 11.2 Å². The lowest BCUT2D eigenvalue weighted by Gasteiger charge is -2.22. The van der Waals surface area contributed by atoms with Crippen molar-refractivity contribution in [1.29, 1.82) is 0 Å². The minimum Gasteiger partial charge on any atom is -0.456 e. The number of carbonyl (C=O) groups is 2. The van der Waals surface area contributed by atoms with Gasteiger partial charge in [-0.3, -0.25) is 0 Å². The minimum atomic E-state index is -0.613. The summed E-state index contributed by atoms with van der Waals surface area (Å²) in [5.41, 5.74) is -0.788. The number of esters is 2. The van der Waals surface area contributed by atoms with Crippen LogP contribution < -0.4 is 0 Å². The number of carbonyl (C=O) groups excluding carboxylic acids is 2. The van der Waals surface area contributed by atoms with Gasteiger partial charge in [0, 0.05) is 0 Å². The molecule has 4 heteroatoms. The van der Waals surface area contributed by atoms with Gasteiger partial charge in [-0.25, -0.2) is 9.59 Å². The highest BCUT2D eigenvalue weighted by atomic mass is 16.6. The first-order chi connectivity index (χ1) is 9.99. The van der Waals surface area contributed by atoms with Gasteiger partial charge in [0.25, 0.3) is 0 Å². The predicted octanol–water partition coefficient (Wildman–Crippen LogP) is 4.62. The third-order valence-electron chi connectivity index (χ3n) is 2.16. The van der Waals surface area contributed by atoms with Crippen LogP contribution in [0.5, 0.6) is 0 Å². The largest absolute Gasteiger partial charge is 0.456 e. The van der Waals surface area contributed by atoms with Gasteiger partial charge in [0.15, 0.2) is 0 Å². The van der Waals surface area contributed by atoms with Crippen molar-refractivity contribution in [3.8, 4) is 0 Å². The molecule has 0 aliphatic heterocycles. The maximum absolute atomic E-state index is 12.1. The third-order valence-corrected chi connectivity index (χ3v) is 2.16. The van der Waals surface area contributed by atoms with Crippen molar-refractivity contribution >= 4 is 11.9 Å². The number of hydrogen-bond donors (Lipinski definition) is 0. The molecular weight excluding hydrogens is 280 g/mol. The van der Waals surface area contributed by atoms with E-state index in [9.17, 15) is 9.59 Å². The van der Waals surface area contributed by atoms with E-state index in [1.807, 2.05) is 13.8 Å². The monoisotopic (exact) mass is 308 g/mol. The van der Waals surface area contributed by atoms with Crippen molar-refractivity contribution in [2.75, 3.05) is 0 Å². The second-order valence-electron chi connectivity index (χ2n) is 6.55. The second kappa shape index (κ2) is 7.97. The van der Waals surface area contributed by atoms with E-state index < -0.39 is 23.1 Å². The molecule has 0 spiro atoms. The van der Waals surface area contributed by atoms with E-state index in [1.165, 1.54) is 0 Å². The molecule has 0 fully saturated rings. The van der Waals surface area contributed by atoms with E-state index in [0.717, 1.165) is 0 Å². The van der Waals surface area contributed by atoms with Gasteiger partial charge in [-0.1, -0.05) is 26.0 Å². The summed E-state index contributed by atoms with van der Waals surface area (Å²) in [6, 6.07) is 6.50. The molecular formula is C18H28O4. The summed E-state index contributed by atoms with van der Waals surface area (Å²) in [6.07, 6.45) is 0. The van der Waals surface area contributed by atoms with Gasteiger partial charge in [-0.15, -0.1) is 0 Å². The van der Waals surface area contributed by atoms with Crippen LogP contribution in [0, 0.1) is 0 Å². The quantitative estimate of drug-likeness (QED) is 0.748. The van der Waals surface area contributed by atoms with Crippen molar-refractivity contribution < 1.29 is 19.1 Å². The Hall–Kier alpha value is -1.84. The molecule has 0 aliphatic rings. The van der Waals surface area contributed by atoms with Gasteiger partial charge in [0.2, 0.25) is 0 Å². The SMILES string of the molecule is CC.CC(C)(C)OC(=O)c1ccccc1C(=O)OC(C)(C)C. The molecule has 0 bridgehead atoms. The van der Waals surface area contributed by atoms with E-state index in [-0.39, 0.29) is 11.1 Å². The summed E-state index contributed by atoms with van der Waals surface area (Å²) in [5.74, 6) is -1.06. The normalized spacial score (nSPS) is 11.1. The third kappa shape index (κ3) is 7.25. The maximum atomic E-state index is 12.1. The van der Waals surface area contributed by atoms with E-state index in [2.05, 4.69) is 0 Å². The molecule has 0 heterocycles. The Morgan fingerprint density at radius 3 is 1.23 bits per heavy atom. The van der Waals surface area contributed by atoms with Gasteiger partial charge in [-0.05, 0) is 53.7 Å². The zero-order valence-corrected chi connectivity index (χ0v) is 14.9. The Morgan fingerprint density at radius 2 is 1.00 bits per heavy atom. The Balaban J connectivity index is 0.00000211. The maximum Gasteiger partial charge on any atom is 0.339 e. The molecule has 0 saturated carbocycles. The number of hydrogen-bond acceptors (Lipinski definition) is 4. The lowest BCUT2D eigenvalue weighted by atomic mass is 10.1. The van der Waals surface area contributed by atoms with Crippen LogP contribution in [0.25, 0.3) is 0 Å². The molecule has 0 aliphatic carbocycles. The Kier molecular flexibility index (Phi) is 7.30. The fourth-order valence-electron chi connectivity index (χ4n) is 1.51. The van der Waals surface area contributed by atoms with Crippen LogP contribution >= 0.6 is 0 Å². The Labute approximate surface area is 133 Å². The summed E-state index contributed by atoms with van der Waals surface area (Å²) in [6.45, 7) is 14.7. The van der Waals surface area contributed by atoms with E-state index in [4.69, 9.17) is 9.47 Å². The van der Waals surface area contributed by atoms with E-state index in [1.54, 1.807) is 65.8 Å². The summed E-state index contributed by atoms with van der Waals surface area (Å²) in [4.78, 5) is 24.2. The van der Waals surface area contributed by atoms with Gasteiger partial charge in [0.05, 0.1) is 11.1 Å². The summed E-state index contributed by atoms with van der Waals surface area (Å²) < 4.78 is 10.6. The highest BCUT2D eigenvalue weighted by Gasteiger charge is 2.25. The van der Waals surface area contributed by atoms with Crippen molar-refractivity contribution in [2.24, 2.45) is 0 Å². The fraction of sp³-hybridized carbons (Fsp3) is 0.556. The molecule has 0 unspecified atom stereocenters. The van der Waals surface area contributed by atoms with Gasteiger partial charge < -0.3 is 9.47 Å². The lowest BCUT2D eigenvalue weighted by molar-refractivity contribution is 0.00187. The molecule has 0 N–H and O–H groups in total. The lowest BCUT2D eigenvalue weighted by Crippen LogP contribution is -2.27. The average molecular weight is 308 g/mol. The molecule has 1 rings (SSSR count). The minimum absolute atomic E-state index is 0.219. The van der Waals surface area contributed by atoms with Crippen LogP contribution in [0.3, 0.4) is 0 Å². The first kappa shape index (κ1) is 20.2. The first-order valence-electron chi connectivity index (χ1n) is 7.55. The molecule has 1 aromatic carbocycles. The van der Waals surface area contributed by atoms with Gasteiger partial charge >= 0.3 is 11.9 Å². The van der Waals surface area contributed by atoms with Crippen molar-refractivity contribution in [1.82, 2.24) is 0 Å². The van der Waals surface area contributed by atoms with Crippen molar-refractivity contribution in [3.05, 3.63) is 35.4 Å². The molecule has 0 amide bonds.